The van der Waals surface area contributed by atoms with E-state index in [-0.39, 0.29) is 5.54 Å². The first-order chi connectivity index (χ1) is 10.3. The van der Waals surface area contributed by atoms with E-state index in [2.05, 4.69) is 11.0 Å². The lowest BCUT2D eigenvalue weighted by Crippen LogP contribution is -2.52. The smallest absolute Gasteiger partial charge is 0.126 e. The molecule has 1 atom stereocenters. The minimum absolute atomic E-state index is 0.0943. The summed E-state index contributed by atoms with van der Waals surface area (Å²) in [5.74, 6) is 1.89. The predicted molar refractivity (Wildman–Crippen MR) is 80.6 cm³/mol. The van der Waals surface area contributed by atoms with Gasteiger partial charge in [-0.3, -0.25) is 4.90 Å². The quantitative estimate of drug-likeness (QED) is 0.798. The van der Waals surface area contributed by atoms with Gasteiger partial charge < -0.3 is 9.47 Å². The number of likely N-dealkylation sites (tertiary alicyclic amines) is 1. The third-order valence-electron chi connectivity index (χ3n) is 4.77. The first kappa shape index (κ1) is 14.2. The molecule has 0 bridgehead atoms. The number of nitrogens with zero attached hydrogens (tertiary/aromatic N) is 2. The monoisotopic (exact) mass is 286 g/mol. The molecule has 1 aromatic carbocycles. The molecule has 3 rings (SSSR count). The van der Waals surface area contributed by atoms with Crippen LogP contribution in [0.4, 0.5) is 0 Å². The molecule has 4 heteroatoms. The normalized spacial score (nSPS) is 24.4. The Labute approximate surface area is 126 Å². The lowest BCUT2D eigenvalue weighted by Gasteiger charge is -2.42. The van der Waals surface area contributed by atoms with Crippen molar-refractivity contribution in [1.82, 2.24) is 4.90 Å². The first-order valence-corrected chi connectivity index (χ1v) is 7.70. The number of nitriles is 1. The summed E-state index contributed by atoms with van der Waals surface area (Å²) in [5, 5.41) is 8.73. The van der Waals surface area contributed by atoms with Crippen LogP contribution in [0.5, 0.6) is 11.5 Å². The summed E-state index contributed by atoms with van der Waals surface area (Å²) in [5.41, 5.74) is 1.29. The molecule has 2 aliphatic heterocycles. The number of ether oxygens (including phenoxy) is 2. The number of benzene rings is 1. The van der Waals surface area contributed by atoms with Gasteiger partial charge in [0, 0.05) is 18.4 Å². The Balaban J connectivity index is 1.81. The molecule has 2 aliphatic rings. The van der Waals surface area contributed by atoms with Crippen LogP contribution in [0.25, 0.3) is 0 Å². The predicted octanol–water partition coefficient (Wildman–Crippen LogP) is 2.77. The molecule has 112 valence electrons. The maximum atomic E-state index is 8.73. The lowest BCUT2D eigenvalue weighted by molar-refractivity contribution is 0.0588. The summed E-state index contributed by atoms with van der Waals surface area (Å²) < 4.78 is 11.6. The number of hydrogen-bond acceptors (Lipinski definition) is 4. The summed E-state index contributed by atoms with van der Waals surface area (Å²) in [6.07, 6.45) is 4.93. The van der Waals surface area contributed by atoms with Crippen molar-refractivity contribution in [2.24, 2.45) is 0 Å². The zero-order valence-electron chi connectivity index (χ0n) is 12.6. The number of unbranched alkanes of at least 4 members (excludes halogenated alkanes) is 1. The van der Waals surface area contributed by atoms with E-state index in [0.29, 0.717) is 6.42 Å². The van der Waals surface area contributed by atoms with E-state index in [9.17, 15) is 0 Å². The molecule has 0 N–H and O–H groups in total. The van der Waals surface area contributed by atoms with Crippen LogP contribution in [-0.4, -0.2) is 37.2 Å². The molecule has 21 heavy (non-hydrogen) atoms. The van der Waals surface area contributed by atoms with Gasteiger partial charge in [0.15, 0.2) is 0 Å². The number of hydrogen-bond donors (Lipinski definition) is 0. The highest BCUT2D eigenvalue weighted by molar-refractivity contribution is 5.47. The van der Waals surface area contributed by atoms with Gasteiger partial charge in [-0.15, -0.1) is 0 Å². The van der Waals surface area contributed by atoms with Crippen molar-refractivity contribution in [3.8, 4) is 17.6 Å². The van der Waals surface area contributed by atoms with Crippen molar-refractivity contribution in [1.29, 1.82) is 5.26 Å². The standard InChI is InChI=1S/C17H22N2O2/c1-20-15-6-4-7-16-14(15)12-17(13-21-16)8-5-11-19(17)10-3-2-9-18/h4,6-7H,2-3,5,8,10-13H2,1H3. The van der Waals surface area contributed by atoms with E-state index >= 15 is 0 Å². The van der Waals surface area contributed by atoms with Gasteiger partial charge in [-0.05, 0) is 44.5 Å². The average molecular weight is 286 g/mol. The highest BCUT2D eigenvalue weighted by Crippen LogP contribution is 2.42. The molecule has 4 nitrogen and oxygen atoms in total. The molecule has 0 amide bonds. The largest absolute Gasteiger partial charge is 0.496 e. The Morgan fingerprint density at radius 2 is 2.38 bits per heavy atom. The second kappa shape index (κ2) is 5.95. The van der Waals surface area contributed by atoms with Gasteiger partial charge >= 0.3 is 0 Å². The second-order valence-corrected chi connectivity index (χ2v) is 5.98. The summed E-state index contributed by atoms with van der Waals surface area (Å²) in [7, 11) is 1.72. The number of methoxy groups -OCH3 is 1. The summed E-state index contributed by atoms with van der Waals surface area (Å²) in [6.45, 7) is 2.85. The van der Waals surface area contributed by atoms with Crippen LogP contribution in [-0.2, 0) is 6.42 Å². The fourth-order valence-corrected chi connectivity index (χ4v) is 3.69. The van der Waals surface area contributed by atoms with E-state index < -0.39 is 0 Å². The Morgan fingerprint density at radius 3 is 3.19 bits per heavy atom. The van der Waals surface area contributed by atoms with E-state index in [1.807, 2.05) is 18.2 Å². The van der Waals surface area contributed by atoms with E-state index in [0.717, 1.165) is 50.5 Å². The second-order valence-electron chi connectivity index (χ2n) is 5.98. The van der Waals surface area contributed by atoms with Crippen molar-refractivity contribution in [2.75, 3.05) is 26.8 Å². The molecule has 1 saturated heterocycles. The average Bonchev–Trinajstić information content (AvgIpc) is 2.89. The van der Waals surface area contributed by atoms with Crippen LogP contribution in [0.3, 0.4) is 0 Å². The van der Waals surface area contributed by atoms with Crippen LogP contribution in [0.15, 0.2) is 18.2 Å². The Bertz CT molecular complexity index is 538. The van der Waals surface area contributed by atoms with Gasteiger partial charge in [0.05, 0.1) is 18.7 Å². The molecule has 1 fully saturated rings. The minimum Gasteiger partial charge on any atom is -0.496 e. The van der Waals surface area contributed by atoms with E-state index in [4.69, 9.17) is 14.7 Å². The zero-order chi connectivity index (χ0) is 14.7. The van der Waals surface area contributed by atoms with Crippen molar-refractivity contribution >= 4 is 0 Å². The fraction of sp³-hybridized carbons (Fsp3) is 0.588. The lowest BCUT2D eigenvalue weighted by atomic mass is 9.86. The van der Waals surface area contributed by atoms with Crippen molar-refractivity contribution in [2.45, 2.75) is 37.6 Å². The van der Waals surface area contributed by atoms with Gasteiger partial charge in [-0.2, -0.15) is 5.26 Å². The topological polar surface area (TPSA) is 45.5 Å². The highest BCUT2D eigenvalue weighted by Gasteiger charge is 2.44. The summed E-state index contributed by atoms with van der Waals surface area (Å²) in [6, 6.07) is 8.26. The minimum atomic E-state index is 0.0943. The van der Waals surface area contributed by atoms with Crippen molar-refractivity contribution in [3.63, 3.8) is 0 Å². The van der Waals surface area contributed by atoms with Crippen LogP contribution in [0.1, 0.15) is 31.2 Å². The molecule has 0 aromatic heterocycles. The highest BCUT2D eigenvalue weighted by atomic mass is 16.5. The molecule has 2 heterocycles. The van der Waals surface area contributed by atoms with Crippen molar-refractivity contribution < 1.29 is 9.47 Å². The van der Waals surface area contributed by atoms with Gasteiger partial charge in [0.25, 0.3) is 0 Å². The molecule has 0 radical (unpaired) electrons. The number of fused-ring (bicyclic) bond motifs is 1. The molecule has 0 aliphatic carbocycles. The molecule has 1 unspecified atom stereocenters. The Kier molecular flexibility index (Phi) is 4.03. The maximum absolute atomic E-state index is 8.73. The SMILES string of the molecule is COc1cccc2c1CC1(CCCN1CCCC#N)CO2. The number of rotatable bonds is 4. The Morgan fingerprint density at radius 1 is 1.48 bits per heavy atom. The molecular weight excluding hydrogens is 264 g/mol. The summed E-state index contributed by atoms with van der Waals surface area (Å²) in [4.78, 5) is 2.53. The molecular formula is C17H22N2O2. The van der Waals surface area contributed by atoms with Crippen LogP contribution < -0.4 is 9.47 Å². The van der Waals surface area contributed by atoms with Gasteiger partial charge in [-0.1, -0.05) is 6.07 Å². The molecule has 1 spiro atoms. The molecule has 1 aromatic rings. The third-order valence-corrected chi connectivity index (χ3v) is 4.77. The third kappa shape index (κ3) is 2.58. The molecule has 0 saturated carbocycles. The Hall–Kier alpha value is -1.73. The van der Waals surface area contributed by atoms with Gasteiger partial charge in [-0.25, -0.2) is 0 Å². The van der Waals surface area contributed by atoms with Crippen molar-refractivity contribution in [3.05, 3.63) is 23.8 Å². The van der Waals surface area contributed by atoms with Gasteiger partial charge in [0.1, 0.15) is 18.1 Å². The van der Waals surface area contributed by atoms with Crippen LogP contribution in [0, 0.1) is 11.3 Å². The van der Waals surface area contributed by atoms with E-state index in [1.54, 1.807) is 7.11 Å². The fourth-order valence-electron chi connectivity index (χ4n) is 3.69. The van der Waals surface area contributed by atoms with Gasteiger partial charge in [0.2, 0.25) is 0 Å². The first-order valence-electron chi connectivity index (χ1n) is 7.70. The van der Waals surface area contributed by atoms with Crippen LogP contribution in [0.2, 0.25) is 0 Å². The van der Waals surface area contributed by atoms with Crippen LogP contribution >= 0.6 is 0 Å². The maximum Gasteiger partial charge on any atom is 0.126 e. The zero-order valence-corrected chi connectivity index (χ0v) is 12.6. The summed E-state index contributed by atoms with van der Waals surface area (Å²) >= 11 is 0. The van der Waals surface area contributed by atoms with E-state index in [1.165, 1.54) is 12.0 Å².